The Hall–Kier alpha value is -2.62. The number of amides is 2. The standard InChI is InChI=1S/C23H28N2O2/c1-18(25-15-9-8-14-23(25)27)16-22(26)24-17-21(19-10-4-2-5-11-19)20-12-6-3-7-13-20/h2-7,10-13,18,21H,8-9,14-17H2,1H3,(H,24,26)/t18-/m1/s1. The van der Waals surface area contributed by atoms with E-state index in [4.69, 9.17) is 0 Å². The van der Waals surface area contributed by atoms with Crippen molar-refractivity contribution in [2.45, 2.75) is 44.6 Å². The van der Waals surface area contributed by atoms with Gasteiger partial charge in [0.05, 0.1) is 0 Å². The molecule has 0 spiro atoms. The number of piperidine rings is 1. The second kappa shape index (κ2) is 9.36. The Morgan fingerprint density at radius 3 is 2.15 bits per heavy atom. The molecule has 0 bridgehead atoms. The van der Waals surface area contributed by atoms with Gasteiger partial charge in [-0.25, -0.2) is 0 Å². The Morgan fingerprint density at radius 1 is 1.00 bits per heavy atom. The summed E-state index contributed by atoms with van der Waals surface area (Å²) < 4.78 is 0. The zero-order chi connectivity index (χ0) is 19.1. The predicted octanol–water partition coefficient (Wildman–Crippen LogP) is 3.73. The molecule has 1 saturated heterocycles. The molecular formula is C23H28N2O2. The molecule has 1 aliphatic rings. The highest BCUT2D eigenvalue weighted by molar-refractivity contribution is 5.80. The summed E-state index contributed by atoms with van der Waals surface area (Å²) in [6, 6.07) is 20.4. The monoisotopic (exact) mass is 364 g/mol. The molecule has 4 nitrogen and oxygen atoms in total. The van der Waals surface area contributed by atoms with E-state index >= 15 is 0 Å². The van der Waals surface area contributed by atoms with Crippen LogP contribution in [0.5, 0.6) is 0 Å². The molecule has 3 rings (SSSR count). The maximum Gasteiger partial charge on any atom is 0.222 e. The van der Waals surface area contributed by atoms with Crippen molar-refractivity contribution >= 4 is 11.8 Å². The molecule has 0 radical (unpaired) electrons. The topological polar surface area (TPSA) is 49.4 Å². The van der Waals surface area contributed by atoms with Gasteiger partial charge in [-0.15, -0.1) is 0 Å². The lowest BCUT2D eigenvalue weighted by atomic mass is 9.91. The van der Waals surface area contributed by atoms with Gasteiger partial charge in [-0.1, -0.05) is 60.7 Å². The predicted molar refractivity (Wildman–Crippen MR) is 107 cm³/mol. The van der Waals surface area contributed by atoms with Crippen molar-refractivity contribution in [3.63, 3.8) is 0 Å². The van der Waals surface area contributed by atoms with Crippen molar-refractivity contribution in [1.82, 2.24) is 10.2 Å². The summed E-state index contributed by atoms with van der Waals surface area (Å²) in [6.45, 7) is 3.28. The molecular weight excluding hydrogens is 336 g/mol. The zero-order valence-corrected chi connectivity index (χ0v) is 15.9. The van der Waals surface area contributed by atoms with E-state index in [9.17, 15) is 9.59 Å². The van der Waals surface area contributed by atoms with Crippen molar-refractivity contribution < 1.29 is 9.59 Å². The summed E-state index contributed by atoms with van der Waals surface area (Å²) in [5.74, 6) is 0.286. The molecule has 1 N–H and O–H groups in total. The van der Waals surface area contributed by atoms with Crippen LogP contribution in [0.25, 0.3) is 0 Å². The minimum atomic E-state index is -0.0512. The van der Waals surface area contributed by atoms with Gasteiger partial charge in [-0.3, -0.25) is 9.59 Å². The van der Waals surface area contributed by atoms with Crippen LogP contribution in [0.2, 0.25) is 0 Å². The number of nitrogens with one attached hydrogen (secondary N) is 1. The highest BCUT2D eigenvalue weighted by Gasteiger charge is 2.25. The number of carbonyl (C=O) groups is 2. The number of hydrogen-bond donors (Lipinski definition) is 1. The Bertz CT molecular complexity index is 706. The number of hydrogen-bond acceptors (Lipinski definition) is 2. The fourth-order valence-electron chi connectivity index (χ4n) is 3.76. The summed E-state index contributed by atoms with van der Waals surface area (Å²) in [5, 5.41) is 3.09. The maximum atomic E-state index is 12.5. The van der Waals surface area contributed by atoms with Crippen molar-refractivity contribution in [3.05, 3.63) is 71.8 Å². The third-order valence-corrected chi connectivity index (χ3v) is 5.28. The van der Waals surface area contributed by atoms with Gasteiger partial charge < -0.3 is 10.2 Å². The van der Waals surface area contributed by atoms with Gasteiger partial charge in [0, 0.05) is 37.9 Å². The van der Waals surface area contributed by atoms with Crippen LogP contribution in [0, 0.1) is 0 Å². The summed E-state index contributed by atoms with van der Waals surface area (Å²) in [4.78, 5) is 26.4. The van der Waals surface area contributed by atoms with Gasteiger partial charge in [0.1, 0.15) is 0 Å². The van der Waals surface area contributed by atoms with E-state index in [1.165, 1.54) is 11.1 Å². The van der Waals surface area contributed by atoms with Crippen LogP contribution in [0.4, 0.5) is 0 Å². The molecule has 2 amide bonds. The molecule has 1 heterocycles. The minimum Gasteiger partial charge on any atom is -0.355 e. The number of likely N-dealkylation sites (tertiary alicyclic amines) is 1. The van der Waals surface area contributed by atoms with Crippen LogP contribution in [0.3, 0.4) is 0 Å². The minimum absolute atomic E-state index is 0.00210. The van der Waals surface area contributed by atoms with Crippen molar-refractivity contribution in [1.29, 1.82) is 0 Å². The summed E-state index contributed by atoms with van der Waals surface area (Å²) in [6.07, 6.45) is 2.95. The summed E-state index contributed by atoms with van der Waals surface area (Å²) >= 11 is 0. The van der Waals surface area contributed by atoms with Crippen LogP contribution in [0.15, 0.2) is 60.7 Å². The fourth-order valence-corrected chi connectivity index (χ4v) is 3.76. The largest absolute Gasteiger partial charge is 0.355 e. The van der Waals surface area contributed by atoms with Crippen molar-refractivity contribution in [2.75, 3.05) is 13.1 Å². The van der Waals surface area contributed by atoms with Crippen LogP contribution < -0.4 is 5.32 Å². The molecule has 0 unspecified atom stereocenters. The van der Waals surface area contributed by atoms with Crippen LogP contribution >= 0.6 is 0 Å². The lowest BCUT2D eigenvalue weighted by Gasteiger charge is -2.32. The van der Waals surface area contributed by atoms with Crippen LogP contribution in [-0.4, -0.2) is 35.8 Å². The lowest BCUT2D eigenvalue weighted by Crippen LogP contribution is -2.44. The third kappa shape index (κ3) is 5.19. The molecule has 0 saturated carbocycles. The first-order chi connectivity index (χ1) is 13.1. The molecule has 1 fully saturated rings. The zero-order valence-electron chi connectivity index (χ0n) is 15.9. The second-order valence-electron chi connectivity index (χ2n) is 7.28. The highest BCUT2D eigenvalue weighted by Crippen LogP contribution is 2.24. The molecule has 1 aliphatic heterocycles. The first-order valence-electron chi connectivity index (χ1n) is 9.81. The molecule has 4 heteroatoms. The molecule has 2 aromatic rings. The first kappa shape index (κ1) is 19.2. The quantitative estimate of drug-likeness (QED) is 0.814. The Kier molecular flexibility index (Phi) is 6.64. The van der Waals surface area contributed by atoms with Gasteiger partial charge in [0.2, 0.25) is 11.8 Å². The Morgan fingerprint density at radius 2 is 1.59 bits per heavy atom. The van der Waals surface area contributed by atoms with E-state index in [-0.39, 0.29) is 23.8 Å². The summed E-state index contributed by atoms with van der Waals surface area (Å²) in [7, 11) is 0. The summed E-state index contributed by atoms with van der Waals surface area (Å²) in [5.41, 5.74) is 2.37. The van der Waals surface area contributed by atoms with Gasteiger partial charge in [-0.2, -0.15) is 0 Å². The SMILES string of the molecule is C[C@H](CC(=O)NCC(c1ccccc1)c1ccccc1)N1CCCCC1=O. The van der Waals surface area contributed by atoms with Crippen LogP contribution in [-0.2, 0) is 9.59 Å². The number of rotatable bonds is 7. The smallest absolute Gasteiger partial charge is 0.222 e. The van der Waals surface area contributed by atoms with Crippen molar-refractivity contribution in [2.24, 2.45) is 0 Å². The van der Waals surface area contributed by atoms with E-state index in [2.05, 4.69) is 29.6 Å². The van der Waals surface area contributed by atoms with E-state index < -0.39 is 0 Å². The number of nitrogens with zero attached hydrogens (tertiary/aromatic N) is 1. The average molecular weight is 364 g/mol. The number of benzene rings is 2. The molecule has 1 atom stereocenters. The van der Waals surface area contributed by atoms with E-state index in [0.29, 0.717) is 19.4 Å². The van der Waals surface area contributed by atoms with E-state index in [1.807, 2.05) is 48.2 Å². The molecule has 142 valence electrons. The molecule has 2 aromatic carbocycles. The van der Waals surface area contributed by atoms with Gasteiger partial charge >= 0.3 is 0 Å². The number of carbonyl (C=O) groups excluding carboxylic acids is 2. The van der Waals surface area contributed by atoms with Crippen molar-refractivity contribution in [3.8, 4) is 0 Å². The van der Waals surface area contributed by atoms with Gasteiger partial charge in [0.15, 0.2) is 0 Å². The maximum absolute atomic E-state index is 12.5. The third-order valence-electron chi connectivity index (χ3n) is 5.28. The Balaban J connectivity index is 1.61. The highest BCUT2D eigenvalue weighted by atomic mass is 16.2. The first-order valence-corrected chi connectivity index (χ1v) is 9.81. The van der Waals surface area contributed by atoms with Crippen LogP contribution in [0.1, 0.15) is 49.7 Å². The molecule has 0 aromatic heterocycles. The molecule has 0 aliphatic carbocycles. The van der Waals surface area contributed by atoms with Gasteiger partial charge in [0.25, 0.3) is 0 Å². The average Bonchev–Trinajstić information content (AvgIpc) is 2.70. The van der Waals surface area contributed by atoms with E-state index in [1.54, 1.807) is 0 Å². The molecule has 27 heavy (non-hydrogen) atoms. The normalized spacial score (nSPS) is 15.6. The Labute approximate surface area is 161 Å². The van der Waals surface area contributed by atoms with Gasteiger partial charge in [-0.05, 0) is 30.9 Å². The van der Waals surface area contributed by atoms with E-state index in [0.717, 1.165) is 19.4 Å². The fraction of sp³-hybridized carbons (Fsp3) is 0.391. The second-order valence-corrected chi connectivity index (χ2v) is 7.28. The lowest BCUT2D eigenvalue weighted by molar-refractivity contribution is -0.136.